The second-order valence-electron chi connectivity index (χ2n) is 4.95. The first-order valence-electron chi connectivity index (χ1n) is 6.67. The molecule has 2 aromatic rings. The van der Waals surface area contributed by atoms with E-state index in [-0.39, 0.29) is 0 Å². The fourth-order valence-electron chi connectivity index (χ4n) is 1.85. The Kier molecular flexibility index (Phi) is 4.90. The fraction of sp³-hybridized carbons (Fsp3) is 0.250. The third kappa shape index (κ3) is 4.03. The monoisotopic (exact) mass is 285 g/mol. The lowest BCUT2D eigenvalue weighted by molar-refractivity contribution is 0.207. The van der Waals surface area contributed by atoms with Gasteiger partial charge >= 0.3 is 6.09 Å². The summed E-state index contributed by atoms with van der Waals surface area (Å²) in [6.07, 6.45) is 1.26. The van der Waals surface area contributed by atoms with Gasteiger partial charge in [-0.1, -0.05) is 18.2 Å². The van der Waals surface area contributed by atoms with Crippen LogP contribution in [0.4, 0.5) is 10.5 Å². The molecule has 0 N–H and O–H groups in total. The molecule has 1 aromatic carbocycles. The molecule has 21 heavy (non-hydrogen) atoms. The van der Waals surface area contributed by atoms with E-state index in [0.717, 1.165) is 11.4 Å². The van der Waals surface area contributed by atoms with E-state index in [4.69, 9.17) is 4.74 Å². The first kappa shape index (κ1) is 15.0. The largest absolute Gasteiger partial charge is 0.419 e. The molecule has 0 atom stereocenters. The first-order valence-corrected chi connectivity index (χ1v) is 6.67. The van der Waals surface area contributed by atoms with Crippen molar-refractivity contribution in [1.82, 2.24) is 9.88 Å². The lowest BCUT2D eigenvalue weighted by Gasteiger charge is -2.18. The highest BCUT2D eigenvalue weighted by Crippen LogP contribution is 2.19. The van der Waals surface area contributed by atoms with E-state index in [2.05, 4.69) is 4.98 Å². The van der Waals surface area contributed by atoms with Crippen LogP contribution >= 0.6 is 0 Å². The van der Waals surface area contributed by atoms with Gasteiger partial charge in [0.15, 0.2) is 5.75 Å². The van der Waals surface area contributed by atoms with Crippen molar-refractivity contribution in [3.63, 3.8) is 0 Å². The van der Waals surface area contributed by atoms with Gasteiger partial charge in [0.25, 0.3) is 0 Å². The summed E-state index contributed by atoms with van der Waals surface area (Å²) in [5, 5.41) is 0. The normalized spacial score (nSPS) is 10.5. The highest BCUT2D eigenvalue weighted by molar-refractivity contribution is 5.88. The summed E-state index contributed by atoms with van der Waals surface area (Å²) < 4.78 is 5.46. The molecular weight excluding hydrogens is 266 g/mol. The third-order valence-electron chi connectivity index (χ3n) is 2.93. The molecule has 5 heteroatoms. The van der Waals surface area contributed by atoms with Crippen molar-refractivity contribution in [1.29, 1.82) is 0 Å². The van der Waals surface area contributed by atoms with Crippen molar-refractivity contribution in [3.05, 3.63) is 54.4 Å². The molecule has 2 rings (SSSR count). The van der Waals surface area contributed by atoms with Crippen molar-refractivity contribution in [2.75, 3.05) is 26.0 Å². The molecular formula is C16H19N3O2. The van der Waals surface area contributed by atoms with E-state index >= 15 is 0 Å². The van der Waals surface area contributed by atoms with Gasteiger partial charge in [-0.3, -0.25) is 9.88 Å². The number of anilines is 1. The first-order chi connectivity index (χ1) is 10.1. The van der Waals surface area contributed by atoms with Crippen molar-refractivity contribution in [3.8, 4) is 5.75 Å². The third-order valence-corrected chi connectivity index (χ3v) is 2.93. The summed E-state index contributed by atoms with van der Waals surface area (Å²) in [4.78, 5) is 19.9. The Bertz CT molecular complexity index is 599. The van der Waals surface area contributed by atoms with E-state index in [1.54, 1.807) is 25.4 Å². The van der Waals surface area contributed by atoms with E-state index in [9.17, 15) is 4.79 Å². The lowest BCUT2D eigenvalue weighted by atomic mass is 10.3. The molecule has 0 aliphatic carbocycles. The summed E-state index contributed by atoms with van der Waals surface area (Å²) in [5.41, 5.74) is 1.51. The fourth-order valence-corrected chi connectivity index (χ4v) is 1.85. The number of para-hydroxylation sites is 1. The van der Waals surface area contributed by atoms with Crippen molar-refractivity contribution < 1.29 is 9.53 Å². The molecule has 0 bridgehead atoms. The number of aromatic nitrogens is 1. The van der Waals surface area contributed by atoms with Crippen LogP contribution < -0.4 is 9.64 Å². The molecule has 1 amide bonds. The summed E-state index contributed by atoms with van der Waals surface area (Å²) in [6, 6.07) is 12.9. The number of hydrogen-bond donors (Lipinski definition) is 0. The zero-order valence-corrected chi connectivity index (χ0v) is 12.5. The van der Waals surface area contributed by atoms with Gasteiger partial charge in [-0.25, -0.2) is 4.79 Å². The Balaban J connectivity index is 2.13. The van der Waals surface area contributed by atoms with Gasteiger partial charge in [0, 0.05) is 25.5 Å². The molecule has 0 saturated carbocycles. The van der Waals surface area contributed by atoms with Gasteiger partial charge in [0.05, 0.1) is 5.69 Å². The second-order valence-corrected chi connectivity index (χ2v) is 4.95. The van der Waals surface area contributed by atoms with Gasteiger partial charge in [-0.15, -0.1) is 0 Å². The van der Waals surface area contributed by atoms with Crippen LogP contribution in [0.5, 0.6) is 5.75 Å². The number of benzene rings is 1. The molecule has 0 saturated heterocycles. The summed E-state index contributed by atoms with van der Waals surface area (Å²) in [6.45, 7) is 0.610. The summed E-state index contributed by atoms with van der Waals surface area (Å²) in [5.74, 6) is 0.485. The number of pyridine rings is 1. The van der Waals surface area contributed by atoms with E-state index in [1.807, 2.05) is 49.3 Å². The van der Waals surface area contributed by atoms with Crippen LogP contribution in [0.25, 0.3) is 0 Å². The van der Waals surface area contributed by atoms with Crippen molar-refractivity contribution in [2.24, 2.45) is 0 Å². The second kappa shape index (κ2) is 6.85. The standard InChI is InChI=1S/C16H19N3O2/c1-18(2)12-14-15(10-7-11-17-14)21-16(20)19(3)13-8-5-4-6-9-13/h4-11H,12H2,1-3H3. The number of hydrogen-bond acceptors (Lipinski definition) is 4. The number of nitrogens with zero attached hydrogens (tertiary/aromatic N) is 3. The maximum atomic E-state index is 12.2. The minimum absolute atomic E-state index is 0.436. The topological polar surface area (TPSA) is 45.7 Å². The van der Waals surface area contributed by atoms with Crippen LogP contribution in [-0.4, -0.2) is 37.1 Å². The maximum absolute atomic E-state index is 12.2. The predicted octanol–water partition coefficient (Wildman–Crippen LogP) is 2.78. The molecule has 0 radical (unpaired) electrons. The lowest BCUT2D eigenvalue weighted by Crippen LogP contribution is -2.30. The minimum atomic E-state index is -0.436. The van der Waals surface area contributed by atoms with E-state index < -0.39 is 6.09 Å². The zero-order valence-electron chi connectivity index (χ0n) is 12.5. The van der Waals surface area contributed by atoms with Gasteiger partial charge in [-0.05, 0) is 38.4 Å². The average molecular weight is 285 g/mol. The van der Waals surface area contributed by atoms with Crippen LogP contribution in [0.15, 0.2) is 48.7 Å². The Morgan fingerprint density at radius 2 is 1.81 bits per heavy atom. The highest BCUT2D eigenvalue weighted by Gasteiger charge is 2.15. The van der Waals surface area contributed by atoms with Gasteiger partial charge < -0.3 is 9.64 Å². The van der Waals surface area contributed by atoms with Crippen LogP contribution in [0.1, 0.15) is 5.69 Å². The molecule has 0 aliphatic rings. The molecule has 1 aromatic heterocycles. The average Bonchev–Trinajstić information content (AvgIpc) is 2.49. The Hall–Kier alpha value is -2.40. The van der Waals surface area contributed by atoms with E-state index in [0.29, 0.717) is 12.3 Å². The zero-order chi connectivity index (χ0) is 15.2. The highest BCUT2D eigenvalue weighted by atomic mass is 16.6. The SMILES string of the molecule is CN(C)Cc1ncccc1OC(=O)N(C)c1ccccc1. The van der Waals surface area contributed by atoms with Gasteiger partial charge in [-0.2, -0.15) is 0 Å². The summed E-state index contributed by atoms with van der Waals surface area (Å²) >= 11 is 0. The molecule has 0 fully saturated rings. The Labute approximate surface area is 124 Å². The minimum Gasteiger partial charge on any atom is -0.408 e. The van der Waals surface area contributed by atoms with Gasteiger partial charge in [0.2, 0.25) is 0 Å². The Morgan fingerprint density at radius 3 is 2.48 bits per heavy atom. The van der Waals surface area contributed by atoms with Crippen molar-refractivity contribution >= 4 is 11.8 Å². The number of carbonyl (C=O) groups excluding carboxylic acids is 1. The smallest absolute Gasteiger partial charge is 0.408 e. The van der Waals surface area contributed by atoms with Gasteiger partial charge in [0.1, 0.15) is 0 Å². The van der Waals surface area contributed by atoms with E-state index in [1.165, 1.54) is 4.90 Å². The molecule has 0 spiro atoms. The Morgan fingerprint density at radius 1 is 1.10 bits per heavy atom. The number of rotatable bonds is 4. The quantitative estimate of drug-likeness (QED) is 0.866. The molecule has 0 unspecified atom stereocenters. The van der Waals surface area contributed by atoms with Crippen LogP contribution in [-0.2, 0) is 6.54 Å². The van der Waals surface area contributed by atoms with Crippen LogP contribution in [0.3, 0.4) is 0 Å². The number of ether oxygens (including phenoxy) is 1. The van der Waals surface area contributed by atoms with Crippen molar-refractivity contribution in [2.45, 2.75) is 6.54 Å². The molecule has 0 aliphatic heterocycles. The molecule has 5 nitrogen and oxygen atoms in total. The molecule has 110 valence electrons. The molecule has 1 heterocycles. The summed E-state index contributed by atoms with van der Waals surface area (Å²) in [7, 11) is 5.56. The number of carbonyl (C=O) groups is 1. The maximum Gasteiger partial charge on any atom is 0.419 e. The van der Waals surface area contributed by atoms with Crippen LogP contribution in [0.2, 0.25) is 0 Å². The number of amides is 1. The predicted molar refractivity (Wildman–Crippen MR) is 82.5 cm³/mol. The van der Waals surface area contributed by atoms with Crippen LogP contribution in [0, 0.1) is 0 Å².